The number of amides is 1. The molecule has 0 aromatic heterocycles. The fourth-order valence-corrected chi connectivity index (χ4v) is 1.12. The van der Waals surface area contributed by atoms with Gasteiger partial charge in [0.25, 0.3) is 5.91 Å². The van der Waals surface area contributed by atoms with E-state index in [-0.39, 0.29) is 0 Å². The van der Waals surface area contributed by atoms with Crippen molar-refractivity contribution in [1.29, 1.82) is 0 Å². The number of hydrogen-bond acceptors (Lipinski definition) is 4. The van der Waals surface area contributed by atoms with Crippen LogP contribution in [0.3, 0.4) is 0 Å². The molecule has 18 heavy (non-hydrogen) atoms. The number of rotatable bonds is 4. The topological polar surface area (TPSA) is 110 Å². The van der Waals surface area contributed by atoms with Crippen molar-refractivity contribution in [3.8, 4) is 0 Å². The lowest BCUT2D eigenvalue weighted by molar-refractivity contribution is -0.387. The number of aliphatic carboxylic acids is 1. The van der Waals surface area contributed by atoms with Gasteiger partial charge < -0.3 is 10.4 Å². The van der Waals surface area contributed by atoms with E-state index in [1.807, 2.05) is 0 Å². The quantitative estimate of drug-likeness (QED) is 0.611. The Bertz CT molecular complexity index is 532. The average molecular weight is 260 g/mol. The Kier molecular flexibility index (Phi) is 3.87. The molecule has 0 heterocycles. The number of carbonyl (C=O) groups excluding carboxylic acids is 1. The molecular formula is C9H6F2N2O5. The summed E-state index contributed by atoms with van der Waals surface area (Å²) in [6.07, 6.45) is 0. The second-order valence-corrected chi connectivity index (χ2v) is 3.12. The summed E-state index contributed by atoms with van der Waals surface area (Å²) >= 11 is 0. The number of carboxylic acids is 1. The number of halogens is 2. The lowest BCUT2D eigenvalue weighted by Crippen LogP contribution is -2.30. The molecule has 0 aliphatic heterocycles. The van der Waals surface area contributed by atoms with Crippen molar-refractivity contribution in [2.24, 2.45) is 0 Å². The van der Waals surface area contributed by atoms with Crippen LogP contribution in [-0.2, 0) is 4.79 Å². The molecule has 0 spiro atoms. The summed E-state index contributed by atoms with van der Waals surface area (Å²) in [5.74, 6) is -5.35. The number of carboxylic acid groups (broad SMARTS) is 1. The van der Waals surface area contributed by atoms with Gasteiger partial charge in [0, 0.05) is 0 Å². The summed E-state index contributed by atoms with van der Waals surface area (Å²) in [7, 11) is 0. The van der Waals surface area contributed by atoms with Crippen LogP contribution in [0.4, 0.5) is 14.5 Å². The zero-order chi connectivity index (χ0) is 13.9. The molecule has 0 atom stereocenters. The molecule has 9 heteroatoms. The summed E-state index contributed by atoms with van der Waals surface area (Å²) in [6, 6.07) is 0.767. The lowest BCUT2D eigenvalue weighted by Gasteiger charge is -2.04. The number of benzene rings is 1. The van der Waals surface area contributed by atoms with Crippen molar-refractivity contribution in [3.05, 3.63) is 39.4 Å². The molecule has 2 N–H and O–H groups in total. The van der Waals surface area contributed by atoms with Gasteiger partial charge in [-0.2, -0.15) is 4.39 Å². The molecule has 0 bridgehead atoms. The van der Waals surface area contributed by atoms with Gasteiger partial charge in [-0.1, -0.05) is 0 Å². The van der Waals surface area contributed by atoms with Crippen LogP contribution < -0.4 is 5.32 Å². The number of hydrogen-bond donors (Lipinski definition) is 2. The van der Waals surface area contributed by atoms with Crippen molar-refractivity contribution in [2.45, 2.75) is 0 Å². The molecule has 1 rings (SSSR count). The summed E-state index contributed by atoms with van der Waals surface area (Å²) in [5.41, 5.74) is -2.13. The minimum Gasteiger partial charge on any atom is -0.480 e. The summed E-state index contributed by atoms with van der Waals surface area (Å²) in [4.78, 5) is 30.7. The largest absolute Gasteiger partial charge is 0.480 e. The third-order valence-corrected chi connectivity index (χ3v) is 1.86. The minimum atomic E-state index is -1.52. The monoisotopic (exact) mass is 260 g/mol. The molecule has 0 radical (unpaired) electrons. The molecule has 96 valence electrons. The van der Waals surface area contributed by atoms with E-state index in [4.69, 9.17) is 5.11 Å². The van der Waals surface area contributed by atoms with Gasteiger partial charge in [0.1, 0.15) is 12.4 Å². The van der Waals surface area contributed by atoms with Crippen molar-refractivity contribution in [2.75, 3.05) is 6.54 Å². The van der Waals surface area contributed by atoms with Crippen LogP contribution >= 0.6 is 0 Å². The van der Waals surface area contributed by atoms with Gasteiger partial charge in [-0.25, -0.2) is 4.39 Å². The smallest absolute Gasteiger partial charge is 0.322 e. The predicted molar refractivity (Wildman–Crippen MR) is 53.0 cm³/mol. The molecule has 0 saturated heterocycles. The maximum atomic E-state index is 13.5. The highest BCUT2D eigenvalue weighted by molar-refractivity contribution is 5.96. The van der Waals surface area contributed by atoms with E-state index < -0.39 is 46.2 Å². The van der Waals surface area contributed by atoms with Crippen molar-refractivity contribution < 1.29 is 28.4 Å². The molecule has 1 aromatic rings. The first kappa shape index (κ1) is 13.5. The highest BCUT2D eigenvalue weighted by Gasteiger charge is 2.24. The van der Waals surface area contributed by atoms with Gasteiger partial charge in [0.05, 0.1) is 16.6 Å². The predicted octanol–water partition coefficient (Wildman–Crippen LogP) is 0.687. The SMILES string of the molecule is O=C(O)CNC(=O)c1cc(F)cc([N+](=O)[O-])c1F. The Morgan fingerprint density at radius 2 is 2.00 bits per heavy atom. The summed E-state index contributed by atoms with van der Waals surface area (Å²) in [5, 5.41) is 20.4. The first-order chi connectivity index (χ1) is 8.32. The second-order valence-electron chi connectivity index (χ2n) is 3.12. The van der Waals surface area contributed by atoms with E-state index in [1.54, 1.807) is 5.32 Å². The molecule has 0 unspecified atom stereocenters. The normalized spacial score (nSPS) is 9.89. The third-order valence-electron chi connectivity index (χ3n) is 1.86. The Hall–Kier alpha value is -2.58. The number of nitrogens with one attached hydrogen (secondary N) is 1. The van der Waals surface area contributed by atoms with Crippen LogP contribution in [0.2, 0.25) is 0 Å². The van der Waals surface area contributed by atoms with E-state index in [9.17, 15) is 28.5 Å². The molecule has 7 nitrogen and oxygen atoms in total. The Morgan fingerprint density at radius 1 is 1.39 bits per heavy atom. The zero-order valence-corrected chi connectivity index (χ0v) is 8.65. The highest BCUT2D eigenvalue weighted by atomic mass is 19.1. The van der Waals surface area contributed by atoms with E-state index in [1.165, 1.54) is 0 Å². The fourth-order valence-electron chi connectivity index (χ4n) is 1.12. The molecule has 0 aliphatic carbocycles. The highest BCUT2D eigenvalue weighted by Crippen LogP contribution is 2.22. The third kappa shape index (κ3) is 2.97. The number of carbonyl (C=O) groups is 2. The van der Waals surface area contributed by atoms with Crippen LogP contribution in [0.15, 0.2) is 12.1 Å². The van der Waals surface area contributed by atoms with Crippen molar-refractivity contribution in [3.63, 3.8) is 0 Å². The maximum Gasteiger partial charge on any atom is 0.322 e. The molecule has 0 aliphatic rings. The van der Waals surface area contributed by atoms with Crippen LogP contribution in [0.25, 0.3) is 0 Å². The minimum absolute atomic E-state index is 0.323. The van der Waals surface area contributed by atoms with E-state index in [0.717, 1.165) is 0 Å². The van der Waals surface area contributed by atoms with Crippen LogP contribution in [-0.4, -0.2) is 28.5 Å². The van der Waals surface area contributed by atoms with Crippen LogP contribution in [0.1, 0.15) is 10.4 Å². The number of nitrogens with zero attached hydrogens (tertiary/aromatic N) is 1. The summed E-state index contributed by atoms with van der Waals surface area (Å²) < 4.78 is 26.4. The number of nitro groups is 1. The van der Waals surface area contributed by atoms with Gasteiger partial charge in [0.2, 0.25) is 5.82 Å². The fraction of sp³-hybridized carbons (Fsp3) is 0.111. The Balaban J connectivity index is 3.12. The molecule has 1 aromatic carbocycles. The van der Waals surface area contributed by atoms with E-state index in [0.29, 0.717) is 12.1 Å². The van der Waals surface area contributed by atoms with Crippen molar-refractivity contribution >= 4 is 17.6 Å². The first-order valence-electron chi connectivity index (χ1n) is 4.46. The molecule has 1 amide bonds. The maximum absolute atomic E-state index is 13.5. The Morgan fingerprint density at radius 3 is 2.50 bits per heavy atom. The standard InChI is InChI=1S/C9H6F2N2O5/c10-4-1-5(9(16)12-3-7(14)15)8(11)6(2-4)13(17)18/h1-2H,3H2,(H,12,16)(H,14,15). The van der Waals surface area contributed by atoms with Gasteiger partial charge in [-0.15, -0.1) is 0 Å². The van der Waals surface area contributed by atoms with Gasteiger partial charge in [-0.3, -0.25) is 19.7 Å². The Labute approximate surface area is 98.2 Å². The molecule has 0 fully saturated rings. The van der Waals surface area contributed by atoms with E-state index in [2.05, 4.69) is 0 Å². The van der Waals surface area contributed by atoms with Gasteiger partial charge in [0.15, 0.2) is 0 Å². The van der Waals surface area contributed by atoms with Crippen LogP contribution in [0.5, 0.6) is 0 Å². The van der Waals surface area contributed by atoms with Crippen molar-refractivity contribution in [1.82, 2.24) is 5.32 Å². The van der Waals surface area contributed by atoms with E-state index >= 15 is 0 Å². The lowest BCUT2D eigenvalue weighted by atomic mass is 10.1. The average Bonchev–Trinajstić information content (AvgIpc) is 2.28. The van der Waals surface area contributed by atoms with Gasteiger partial charge in [-0.05, 0) is 6.07 Å². The molecular weight excluding hydrogens is 254 g/mol. The zero-order valence-electron chi connectivity index (χ0n) is 8.65. The van der Waals surface area contributed by atoms with Crippen LogP contribution in [0, 0.1) is 21.7 Å². The second kappa shape index (κ2) is 5.17. The summed E-state index contributed by atoms with van der Waals surface area (Å²) in [6.45, 7) is -0.817. The molecule has 0 saturated carbocycles. The van der Waals surface area contributed by atoms with Gasteiger partial charge >= 0.3 is 11.7 Å². The number of nitro benzene ring substituents is 1. The first-order valence-corrected chi connectivity index (χ1v) is 4.46.